The molecule has 1 aliphatic rings. The van der Waals surface area contributed by atoms with Crippen LogP contribution in [0.4, 0.5) is 20.2 Å². The summed E-state index contributed by atoms with van der Waals surface area (Å²) in [4.78, 5) is 76.0. The summed E-state index contributed by atoms with van der Waals surface area (Å²) in [5, 5.41) is 5.56. The van der Waals surface area contributed by atoms with Crippen LogP contribution in [0.25, 0.3) is 10.1 Å². The first-order valence-corrected chi connectivity index (χ1v) is 19.3. The highest BCUT2D eigenvalue weighted by Gasteiger charge is 2.50. The number of halogens is 3. The molecule has 1 saturated heterocycles. The van der Waals surface area contributed by atoms with Gasteiger partial charge in [0, 0.05) is 44.4 Å². The van der Waals surface area contributed by atoms with Gasteiger partial charge in [-0.3, -0.25) is 28.6 Å². The lowest BCUT2D eigenvalue weighted by Gasteiger charge is -2.36. The van der Waals surface area contributed by atoms with Crippen LogP contribution in [0.1, 0.15) is 59.2 Å². The lowest BCUT2D eigenvalue weighted by atomic mass is 9.85. The van der Waals surface area contributed by atoms with Gasteiger partial charge in [-0.1, -0.05) is 26.8 Å². The zero-order chi connectivity index (χ0) is 37.5. The van der Waals surface area contributed by atoms with E-state index in [1.165, 1.54) is 29.0 Å². The quantitative estimate of drug-likeness (QED) is 0.109. The second-order valence-corrected chi connectivity index (χ2v) is 17.2. The van der Waals surface area contributed by atoms with Crippen LogP contribution < -0.4 is 15.5 Å². The molecule has 2 heterocycles. The predicted molar refractivity (Wildman–Crippen MR) is 199 cm³/mol. The van der Waals surface area contributed by atoms with E-state index in [1.807, 2.05) is 12.1 Å². The van der Waals surface area contributed by atoms with E-state index in [1.54, 1.807) is 57.2 Å². The number of hydrogen-bond acceptors (Lipinski definition) is 6. The normalized spacial score (nSPS) is 15.8. The lowest BCUT2D eigenvalue weighted by molar-refractivity contribution is -0.140. The van der Waals surface area contributed by atoms with Gasteiger partial charge in [0.1, 0.15) is 12.1 Å². The van der Waals surface area contributed by atoms with Crippen LogP contribution in [-0.2, 0) is 19.8 Å². The Labute approximate surface area is 310 Å². The summed E-state index contributed by atoms with van der Waals surface area (Å²) in [6.45, 7) is 5.59. The molecule has 2 unspecified atom stereocenters. The number of carbonyl (C=O) groups excluding carboxylic acids is 4. The number of amides is 4. The highest BCUT2D eigenvalue weighted by atomic mass is 127. The molecule has 4 amide bonds. The number of likely N-dealkylation sites (tertiary alicyclic amines) is 1. The molecule has 1 aliphatic heterocycles. The molecular formula is C35H36F2IN4O7PS. The van der Waals surface area contributed by atoms with Crippen LogP contribution >= 0.6 is 41.5 Å². The number of nitrogens with zero attached hydrogens (tertiary/aromatic N) is 2. The molecule has 0 bridgehead atoms. The first kappa shape index (κ1) is 38.5. The van der Waals surface area contributed by atoms with E-state index in [0.717, 1.165) is 27.0 Å². The van der Waals surface area contributed by atoms with E-state index in [4.69, 9.17) is 9.79 Å². The summed E-state index contributed by atoms with van der Waals surface area (Å²) in [6, 6.07) is 16.3. The summed E-state index contributed by atoms with van der Waals surface area (Å²) >= 11 is 3.14. The van der Waals surface area contributed by atoms with Gasteiger partial charge in [-0.15, -0.1) is 11.3 Å². The van der Waals surface area contributed by atoms with Gasteiger partial charge in [0.15, 0.2) is 0 Å². The molecule has 0 saturated carbocycles. The van der Waals surface area contributed by atoms with Gasteiger partial charge in [-0.2, -0.15) is 8.78 Å². The van der Waals surface area contributed by atoms with Crippen LogP contribution in [0.3, 0.4) is 0 Å². The number of thiophene rings is 1. The molecule has 1 aromatic heterocycles. The van der Waals surface area contributed by atoms with Crippen molar-refractivity contribution in [1.82, 2.24) is 15.5 Å². The Morgan fingerprint density at radius 3 is 2.14 bits per heavy atom. The van der Waals surface area contributed by atoms with Gasteiger partial charge < -0.3 is 25.3 Å². The summed E-state index contributed by atoms with van der Waals surface area (Å²) in [6.07, 6.45) is 0.922. The van der Waals surface area contributed by atoms with Crippen molar-refractivity contribution in [3.63, 3.8) is 0 Å². The fourth-order valence-corrected chi connectivity index (χ4v) is 7.64. The zero-order valence-electron chi connectivity index (χ0n) is 28.0. The Balaban J connectivity index is 1.42. The minimum Gasteiger partial charge on any atom is -0.355 e. The monoisotopic (exact) mass is 852 g/mol. The van der Waals surface area contributed by atoms with Crippen molar-refractivity contribution in [2.75, 3.05) is 18.5 Å². The molecular weight excluding hydrogens is 816 g/mol. The SMILES string of the molecule is CNC(=O)c1ccc(N(C(=O)C2CCCN2C(=O)C(NC(=O)c2cc3cc(C(F)(F)P(=O)(O)O)ccc3s2)C(C)(C)C)c2ccc(I)cc2)cc1. The molecule has 0 aliphatic carbocycles. The third-order valence-electron chi connectivity index (χ3n) is 8.58. The highest BCUT2D eigenvalue weighted by molar-refractivity contribution is 14.1. The number of fused-ring (bicyclic) bond motifs is 1. The summed E-state index contributed by atoms with van der Waals surface area (Å²) in [5.41, 5.74) is -4.63. The van der Waals surface area contributed by atoms with Gasteiger partial charge in [0.25, 0.3) is 17.7 Å². The standard InChI is InChI=1S/C35H36F2IN4O7PS/c1-34(2,3)29(40-31(44)28-19-21-18-22(9-16-27(21)51-28)35(36,37)50(47,48)49)33(46)41-17-5-6-26(41)32(45)42(25-14-10-23(38)11-15-25)24-12-7-20(8-13-24)30(43)39-4/h7-16,18-19,26,29H,5-6,17H2,1-4H3,(H,39,43)(H,40,44)(H2,47,48,49). The van der Waals surface area contributed by atoms with Gasteiger partial charge in [0.05, 0.1) is 4.88 Å². The van der Waals surface area contributed by atoms with Crippen LogP contribution in [0, 0.1) is 8.99 Å². The van der Waals surface area contributed by atoms with Crippen LogP contribution in [-0.4, -0.2) is 64.0 Å². The molecule has 270 valence electrons. The number of benzene rings is 3. The number of hydrogen-bond donors (Lipinski definition) is 4. The van der Waals surface area contributed by atoms with Crippen LogP contribution in [0.5, 0.6) is 0 Å². The first-order chi connectivity index (χ1) is 23.8. The van der Waals surface area contributed by atoms with Gasteiger partial charge >= 0.3 is 13.3 Å². The molecule has 1 fully saturated rings. The van der Waals surface area contributed by atoms with E-state index in [0.29, 0.717) is 34.5 Å². The topological polar surface area (TPSA) is 156 Å². The van der Waals surface area contributed by atoms with Crippen LogP contribution in [0.2, 0.25) is 0 Å². The third kappa shape index (κ3) is 8.02. The molecule has 3 aromatic carbocycles. The molecule has 4 aromatic rings. The van der Waals surface area contributed by atoms with Crippen molar-refractivity contribution in [3.05, 3.63) is 92.4 Å². The largest absolute Gasteiger partial charge is 0.399 e. The van der Waals surface area contributed by atoms with E-state index in [9.17, 15) is 32.5 Å². The van der Waals surface area contributed by atoms with E-state index >= 15 is 0 Å². The smallest absolute Gasteiger partial charge is 0.355 e. The average Bonchev–Trinajstić information content (AvgIpc) is 3.74. The van der Waals surface area contributed by atoms with Gasteiger partial charge in [-0.25, -0.2) is 0 Å². The maximum absolute atomic E-state index is 14.5. The van der Waals surface area contributed by atoms with Crippen molar-refractivity contribution >= 4 is 86.6 Å². The molecule has 51 heavy (non-hydrogen) atoms. The maximum Gasteiger partial charge on any atom is 0.399 e. The lowest BCUT2D eigenvalue weighted by Crippen LogP contribution is -2.57. The maximum atomic E-state index is 14.5. The summed E-state index contributed by atoms with van der Waals surface area (Å²) in [7, 11) is -4.27. The average molecular weight is 853 g/mol. The molecule has 5 rings (SSSR count). The fourth-order valence-electron chi connectivity index (χ4n) is 5.86. The molecule has 0 radical (unpaired) electrons. The van der Waals surface area contributed by atoms with Crippen molar-refractivity contribution in [3.8, 4) is 0 Å². The number of nitrogens with one attached hydrogen (secondary N) is 2. The summed E-state index contributed by atoms with van der Waals surface area (Å²) < 4.78 is 41.5. The Bertz CT molecular complexity index is 2030. The highest BCUT2D eigenvalue weighted by Crippen LogP contribution is 2.59. The van der Waals surface area contributed by atoms with Crippen LogP contribution in [0.15, 0.2) is 72.8 Å². The molecule has 11 nitrogen and oxygen atoms in total. The van der Waals surface area contributed by atoms with E-state index < -0.39 is 48.1 Å². The Morgan fingerprint density at radius 2 is 1.57 bits per heavy atom. The fraction of sp³-hybridized carbons (Fsp3) is 0.314. The third-order valence-corrected chi connectivity index (χ3v) is 11.4. The van der Waals surface area contributed by atoms with Crippen molar-refractivity contribution in [2.24, 2.45) is 5.41 Å². The Hall–Kier alpha value is -3.76. The van der Waals surface area contributed by atoms with Crippen molar-refractivity contribution in [2.45, 2.75) is 51.4 Å². The van der Waals surface area contributed by atoms with Gasteiger partial charge in [-0.05, 0) is 113 Å². The second-order valence-electron chi connectivity index (χ2n) is 13.2. The van der Waals surface area contributed by atoms with Gasteiger partial charge in [0.2, 0.25) is 5.91 Å². The molecule has 0 spiro atoms. The summed E-state index contributed by atoms with van der Waals surface area (Å²) in [5.74, 6) is -1.75. The molecule has 2 atom stereocenters. The Kier molecular flexibility index (Phi) is 11.1. The Morgan fingerprint density at radius 1 is 0.961 bits per heavy atom. The van der Waals surface area contributed by atoms with Crippen molar-refractivity contribution < 1.29 is 42.3 Å². The number of alkyl halides is 2. The van der Waals surface area contributed by atoms with E-state index in [-0.39, 0.29) is 28.6 Å². The molecule has 4 N–H and O–H groups in total. The number of rotatable bonds is 9. The minimum absolute atomic E-state index is 0.0998. The van der Waals surface area contributed by atoms with E-state index in [2.05, 4.69) is 33.2 Å². The van der Waals surface area contributed by atoms with Crippen molar-refractivity contribution in [1.29, 1.82) is 0 Å². The zero-order valence-corrected chi connectivity index (χ0v) is 31.9. The molecule has 16 heteroatoms. The second kappa shape index (κ2) is 14.7. The predicted octanol–water partition coefficient (Wildman–Crippen LogP) is 6.59. The number of carbonyl (C=O) groups is 4. The first-order valence-electron chi connectivity index (χ1n) is 15.8. The minimum atomic E-state index is -5.80. The number of anilines is 2.